The maximum Gasteiger partial charge on any atom is 0.129 e. The maximum atomic E-state index is 13.0. The van der Waals surface area contributed by atoms with Crippen LogP contribution >= 0.6 is 28.3 Å². The Bertz CT molecular complexity index is 283. The lowest BCUT2D eigenvalue weighted by atomic mass is 10.1. The van der Waals surface area contributed by atoms with Crippen molar-refractivity contribution < 1.29 is 8.78 Å². The summed E-state index contributed by atoms with van der Waals surface area (Å²) in [6.07, 6.45) is 0. The highest BCUT2D eigenvalue weighted by molar-refractivity contribution is 9.10. The van der Waals surface area contributed by atoms with E-state index in [9.17, 15) is 8.78 Å². The Morgan fingerprint density at radius 1 is 1.46 bits per heavy atom. The fraction of sp³-hybridized carbons (Fsp3) is 0.250. The monoisotopic (exact) mass is 271 g/mol. The SMILES string of the molecule is Cl.N[C@H](CF)c1ccc(Br)cc1F. The number of rotatable bonds is 2. The Morgan fingerprint density at radius 3 is 2.54 bits per heavy atom. The van der Waals surface area contributed by atoms with Gasteiger partial charge in [0.2, 0.25) is 0 Å². The first-order valence-electron chi connectivity index (χ1n) is 3.41. The maximum absolute atomic E-state index is 13.0. The summed E-state index contributed by atoms with van der Waals surface area (Å²) in [5, 5.41) is 0. The van der Waals surface area contributed by atoms with Gasteiger partial charge in [-0.1, -0.05) is 22.0 Å². The standard InChI is InChI=1S/C8H8BrF2N.ClH/c9-5-1-2-6(7(11)3-5)8(12)4-10;/h1-3,8H,4,12H2;1H/t8-;/m1./s1. The topological polar surface area (TPSA) is 26.0 Å². The summed E-state index contributed by atoms with van der Waals surface area (Å²) < 4.78 is 25.7. The first-order valence-corrected chi connectivity index (χ1v) is 4.21. The zero-order valence-corrected chi connectivity index (χ0v) is 9.04. The molecule has 0 aliphatic carbocycles. The summed E-state index contributed by atoms with van der Waals surface area (Å²) >= 11 is 3.09. The summed E-state index contributed by atoms with van der Waals surface area (Å²) in [5.41, 5.74) is 5.52. The number of hydrogen-bond acceptors (Lipinski definition) is 1. The normalized spacial score (nSPS) is 12.0. The van der Waals surface area contributed by atoms with Gasteiger partial charge >= 0.3 is 0 Å². The minimum Gasteiger partial charge on any atom is -0.322 e. The molecule has 0 heterocycles. The van der Waals surface area contributed by atoms with Crippen LogP contribution in [0.15, 0.2) is 22.7 Å². The van der Waals surface area contributed by atoms with E-state index in [4.69, 9.17) is 5.73 Å². The summed E-state index contributed by atoms with van der Waals surface area (Å²) in [6.45, 7) is -0.751. The Labute approximate surface area is 89.9 Å². The first-order chi connectivity index (χ1) is 5.65. The van der Waals surface area contributed by atoms with Gasteiger partial charge in [0, 0.05) is 10.0 Å². The van der Waals surface area contributed by atoms with Crippen LogP contribution in [0, 0.1) is 5.82 Å². The van der Waals surface area contributed by atoms with Gasteiger partial charge in [-0.3, -0.25) is 0 Å². The first kappa shape index (κ1) is 12.8. The summed E-state index contributed by atoms with van der Waals surface area (Å²) in [7, 11) is 0. The van der Waals surface area contributed by atoms with Crippen molar-refractivity contribution >= 4 is 28.3 Å². The number of halogens is 4. The predicted octanol–water partition coefficient (Wildman–Crippen LogP) is 2.98. The fourth-order valence-corrected chi connectivity index (χ4v) is 1.22. The number of nitrogens with two attached hydrogens (primary N) is 1. The molecule has 0 unspecified atom stereocenters. The molecule has 5 heteroatoms. The Hall–Kier alpha value is -0.190. The number of alkyl halides is 1. The van der Waals surface area contributed by atoms with Crippen molar-refractivity contribution in [3.8, 4) is 0 Å². The van der Waals surface area contributed by atoms with Crippen LogP contribution in [0.2, 0.25) is 0 Å². The van der Waals surface area contributed by atoms with Crippen LogP contribution in [0.5, 0.6) is 0 Å². The molecule has 1 rings (SSSR count). The van der Waals surface area contributed by atoms with Crippen LogP contribution < -0.4 is 5.73 Å². The van der Waals surface area contributed by atoms with Gasteiger partial charge in [0.05, 0.1) is 6.04 Å². The molecule has 0 saturated heterocycles. The quantitative estimate of drug-likeness (QED) is 0.880. The van der Waals surface area contributed by atoms with E-state index in [0.29, 0.717) is 4.47 Å². The summed E-state index contributed by atoms with van der Waals surface area (Å²) in [5.74, 6) is -0.477. The molecule has 0 aliphatic rings. The van der Waals surface area contributed by atoms with Crippen LogP contribution in [-0.4, -0.2) is 6.67 Å². The summed E-state index contributed by atoms with van der Waals surface area (Å²) in [6, 6.07) is 3.51. The van der Waals surface area contributed by atoms with E-state index in [1.54, 1.807) is 6.07 Å². The van der Waals surface area contributed by atoms with Crippen molar-refractivity contribution in [2.45, 2.75) is 6.04 Å². The number of benzene rings is 1. The average molecular weight is 273 g/mol. The lowest BCUT2D eigenvalue weighted by molar-refractivity contribution is 0.426. The molecule has 0 bridgehead atoms. The van der Waals surface area contributed by atoms with E-state index in [-0.39, 0.29) is 18.0 Å². The molecular formula is C8H9BrClF2N. The predicted molar refractivity (Wildman–Crippen MR) is 54.3 cm³/mol. The smallest absolute Gasteiger partial charge is 0.129 e. The molecule has 0 saturated carbocycles. The van der Waals surface area contributed by atoms with Gasteiger partial charge in [-0.2, -0.15) is 0 Å². The highest BCUT2D eigenvalue weighted by atomic mass is 79.9. The van der Waals surface area contributed by atoms with Gasteiger partial charge in [0.25, 0.3) is 0 Å². The van der Waals surface area contributed by atoms with Crippen LogP contribution in [0.25, 0.3) is 0 Å². The molecular weight excluding hydrogens is 263 g/mol. The number of hydrogen-bond donors (Lipinski definition) is 1. The molecule has 0 amide bonds. The van der Waals surface area contributed by atoms with Crippen molar-refractivity contribution in [1.29, 1.82) is 0 Å². The molecule has 0 radical (unpaired) electrons. The second-order valence-electron chi connectivity index (χ2n) is 2.43. The molecule has 1 aromatic carbocycles. The lowest BCUT2D eigenvalue weighted by Gasteiger charge is -2.08. The Morgan fingerprint density at radius 2 is 2.08 bits per heavy atom. The van der Waals surface area contributed by atoms with E-state index in [0.717, 1.165) is 0 Å². The van der Waals surface area contributed by atoms with E-state index >= 15 is 0 Å². The van der Waals surface area contributed by atoms with E-state index in [1.807, 2.05) is 0 Å². The zero-order valence-electron chi connectivity index (χ0n) is 6.64. The molecule has 0 aliphatic heterocycles. The van der Waals surface area contributed by atoms with Crippen molar-refractivity contribution in [2.75, 3.05) is 6.67 Å². The minimum atomic E-state index is -0.863. The van der Waals surface area contributed by atoms with E-state index in [1.165, 1.54) is 12.1 Å². The van der Waals surface area contributed by atoms with Crippen molar-refractivity contribution in [3.05, 3.63) is 34.1 Å². The highest BCUT2D eigenvalue weighted by Gasteiger charge is 2.10. The van der Waals surface area contributed by atoms with Crippen LogP contribution in [0.4, 0.5) is 8.78 Å². The van der Waals surface area contributed by atoms with Gasteiger partial charge in [0.15, 0.2) is 0 Å². The third-order valence-electron chi connectivity index (χ3n) is 1.53. The summed E-state index contributed by atoms with van der Waals surface area (Å²) in [4.78, 5) is 0. The van der Waals surface area contributed by atoms with Gasteiger partial charge in [0.1, 0.15) is 12.5 Å². The molecule has 13 heavy (non-hydrogen) atoms. The fourth-order valence-electron chi connectivity index (χ4n) is 0.885. The van der Waals surface area contributed by atoms with Gasteiger partial charge < -0.3 is 5.73 Å². The lowest BCUT2D eigenvalue weighted by Crippen LogP contribution is -2.13. The van der Waals surface area contributed by atoms with Crippen LogP contribution in [0.3, 0.4) is 0 Å². The highest BCUT2D eigenvalue weighted by Crippen LogP contribution is 2.19. The van der Waals surface area contributed by atoms with Crippen LogP contribution in [-0.2, 0) is 0 Å². The van der Waals surface area contributed by atoms with Gasteiger partial charge in [-0.05, 0) is 12.1 Å². The van der Waals surface area contributed by atoms with Crippen molar-refractivity contribution in [1.82, 2.24) is 0 Å². The van der Waals surface area contributed by atoms with Gasteiger partial charge in [-0.15, -0.1) is 12.4 Å². The Balaban J connectivity index is 0.00000144. The van der Waals surface area contributed by atoms with Crippen molar-refractivity contribution in [2.24, 2.45) is 5.73 Å². The average Bonchev–Trinajstić information content (AvgIpc) is 2.03. The molecule has 74 valence electrons. The zero-order chi connectivity index (χ0) is 9.14. The molecule has 2 N–H and O–H groups in total. The minimum absolute atomic E-state index is 0. The molecule has 0 spiro atoms. The van der Waals surface area contributed by atoms with E-state index < -0.39 is 18.5 Å². The second kappa shape index (κ2) is 5.52. The molecule has 1 aromatic rings. The molecule has 1 nitrogen and oxygen atoms in total. The van der Waals surface area contributed by atoms with Gasteiger partial charge in [-0.25, -0.2) is 8.78 Å². The van der Waals surface area contributed by atoms with Crippen molar-refractivity contribution in [3.63, 3.8) is 0 Å². The molecule has 0 fully saturated rings. The largest absolute Gasteiger partial charge is 0.322 e. The van der Waals surface area contributed by atoms with E-state index in [2.05, 4.69) is 15.9 Å². The molecule has 0 aromatic heterocycles. The van der Waals surface area contributed by atoms with Crippen LogP contribution in [0.1, 0.15) is 11.6 Å². The third kappa shape index (κ3) is 3.21. The third-order valence-corrected chi connectivity index (χ3v) is 2.02. The second-order valence-corrected chi connectivity index (χ2v) is 3.34. The molecule has 1 atom stereocenters. The Kier molecular flexibility index (Phi) is 5.44.